The molecule has 0 saturated carbocycles. The summed E-state index contributed by atoms with van der Waals surface area (Å²) in [5.74, 6) is -0.857. The summed E-state index contributed by atoms with van der Waals surface area (Å²) in [4.78, 5) is 38.3. The second-order valence-corrected chi connectivity index (χ2v) is 23.8. The number of carbonyl (C=O) groups is 3. The third-order valence-electron chi connectivity index (χ3n) is 15.9. The number of hydrogen-bond acceptors (Lipinski definition) is 6. The molecule has 0 fully saturated rings. The van der Waals surface area contributed by atoms with Crippen molar-refractivity contribution in [2.45, 2.75) is 399 Å². The van der Waals surface area contributed by atoms with Crippen molar-refractivity contribution < 1.29 is 28.6 Å². The summed E-state index contributed by atoms with van der Waals surface area (Å²) >= 11 is 0. The number of ether oxygens (including phenoxy) is 3. The first-order chi connectivity index (χ1) is 38.0. The molecular formula is C71H134O6. The predicted molar refractivity (Wildman–Crippen MR) is 335 cm³/mol. The van der Waals surface area contributed by atoms with E-state index in [2.05, 4.69) is 45.1 Å². The maximum absolute atomic E-state index is 12.9. The molecule has 0 aromatic heterocycles. The molecule has 1 atom stereocenters. The van der Waals surface area contributed by atoms with Crippen molar-refractivity contribution in [1.82, 2.24) is 0 Å². The van der Waals surface area contributed by atoms with E-state index in [0.717, 1.165) is 64.2 Å². The first-order valence-electron chi connectivity index (χ1n) is 34.8. The van der Waals surface area contributed by atoms with E-state index in [1.165, 1.54) is 289 Å². The zero-order valence-corrected chi connectivity index (χ0v) is 52.3. The van der Waals surface area contributed by atoms with Crippen molar-refractivity contribution in [2.24, 2.45) is 0 Å². The summed E-state index contributed by atoms with van der Waals surface area (Å²) in [6.45, 7) is 6.68. The maximum atomic E-state index is 12.9. The van der Waals surface area contributed by atoms with E-state index in [-0.39, 0.29) is 31.1 Å². The van der Waals surface area contributed by atoms with Crippen LogP contribution in [0.5, 0.6) is 0 Å². The quantitative estimate of drug-likeness (QED) is 0.0261. The van der Waals surface area contributed by atoms with E-state index in [4.69, 9.17) is 14.2 Å². The van der Waals surface area contributed by atoms with Gasteiger partial charge in [-0.15, -0.1) is 0 Å². The number of rotatable bonds is 65. The van der Waals surface area contributed by atoms with Gasteiger partial charge in [0, 0.05) is 19.3 Å². The van der Waals surface area contributed by atoms with Gasteiger partial charge in [-0.05, 0) is 70.6 Å². The molecule has 6 heteroatoms. The summed E-state index contributed by atoms with van der Waals surface area (Å²) in [7, 11) is 0. The van der Waals surface area contributed by atoms with Gasteiger partial charge in [-0.3, -0.25) is 14.4 Å². The van der Waals surface area contributed by atoms with Crippen LogP contribution in [0.1, 0.15) is 393 Å². The first kappa shape index (κ1) is 74.9. The van der Waals surface area contributed by atoms with E-state index < -0.39 is 6.10 Å². The highest BCUT2D eigenvalue weighted by atomic mass is 16.6. The normalized spacial score (nSPS) is 12.1. The van der Waals surface area contributed by atoms with Crippen LogP contribution in [-0.2, 0) is 28.6 Å². The number of allylic oxidation sites excluding steroid dienone is 4. The van der Waals surface area contributed by atoms with Crippen LogP contribution in [0.25, 0.3) is 0 Å². The van der Waals surface area contributed by atoms with E-state index >= 15 is 0 Å². The van der Waals surface area contributed by atoms with Crippen LogP contribution in [0, 0.1) is 0 Å². The minimum absolute atomic E-state index is 0.0707. The second kappa shape index (κ2) is 66.4. The molecule has 0 aliphatic carbocycles. The summed E-state index contributed by atoms with van der Waals surface area (Å²) < 4.78 is 16.9. The van der Waals surface area contributed by atoms with Gasteiger partial charge in [0.05, 0.1) is 0 Å². The average Bonchev–Trinajstić information content (AvgIpc) is 3.43. The molecule has 0 bridgehead atoms. The highest BCUT2D eigenvalue weighted by Gasteiger charge is 2.19. The van der Waals surface area contributed by atoms with Crippen LogP contribution >= 0.6 is 0 Å². The van der Waals surface area contributed by atoms with Gasteiger partial charge in [-0.1, -0.05) is 328 Å². The Morgan fingerprint density at radius 3 is 0.675 bits per heavy atom. The summed E-state index contributed by atoms with van der Waals surface area (Å²) in [5, 5.41) is 0. The smallest absolute Gasteiger partial charge is 0.306 e. The van der Waals surface area contributed by atoms with Crippen LogP contribution in [-0.4, -0.2) is 37.2 Å². The second-order valence-electron chi connectivity index (χ2n) is 23.8. The molecule has 0 rings (SSSR count). The number of hydrogen-bond donors (Lipinski definition) is 0. The molecule has 0 spiro atoms. The molecule has 6 nitrogen and oxygen atoms in total. The van der Waals surface area contributed by atoms with Gasteiger partial charge in [0.25, 0.3) is 0 Å². The van der Waals surface area contributed by atoms with Crippen LogP contribution < -0.4 is 0 Å². The first-order valence-corrected chi connectivity index (χ1v) is 34.8. The molecule has 1 unspecified atom stereocenters. The van der Waals surface area contributed by atoms with Crippen molar-refractivity contribution in [2.75, 3.05) is 13.2 Å². The molecule has 0 heterocycles. The highest BCUT2D eigenvalue weighted by Crippen LogP contribution is 2.19. The fourth-order valence-corrected chi connectivity index (χ4v) is 10.7. The molecule has 0 radical (unpaired) electrons. The summed E-state index contributed by atoms with van der Waals surface area (Å²) in [6, 6.07) is 0. The lowest BCUT2D eigenvalue weighted by molar-refractivity contribution is -0.167. The van der Waals surface area contributed by atoms with Gasteiger partial charge in [0.15, 0.2) is 6.10 Å². The van der Waals surface area contributed by atoms with Gasteiger partial charge < -0.3 is 14.2 Å². The molecule has 0 saturated heterocycles. The molecule has 0 aliphatic rings. The van der Waals surface area contributed by atoms with Crippen molar-refractivity contribution >= 4 is 17.9 Å². The molecule has 0 N–H and O–H groups in total. The lowest BCUT2D eigenvalue weighted by Gasteiger charge is -2.18. The van der Waals surface area contributed by atoms with Gasteiger partial charge in [0.2, 0.25) is 0 Å². The molecule has 0 aromatic carbocycles. The maximum Gasteiger partial charge on any atom is 0.306 e. The Morgan fingerprint density at radius 2 is 0.429 bits per heavy atom. The Hall–Kier alpha value is -2.11. The van der Waals surface area contributed by atoms with Gasteiger partial charge in [0.1, 0.15) is 13.2 Å². The molecule has 77 heavy (non-hydrogen) atoms. The third-order valence-corrected chi connectivity index (χ3v) is 15.9. The SMILES string of the molecule is CCCCC/C=C\CCCCCCCC(=O)OCC(COC(=O)CCCCCCCCCCCCCCCCCCCCCCCCCCCCCCC)OC(=O)CCCCCCCCC/C=C\CCCCCCCCC. The average molecular weight is 1080 g/mol. The molecule has 0 aliphatic heterocycles. The standard InChI is InChI=1S/C71H134O6/c1-4-7-10-13-16-19-22-25-27-29-31-32-33-34-35-36-37-38-39-40-41-43-44-46-49-52-55-58-61-64-70(73)76-67-68(66-75-69(72)63-60-57-54-51-48-24-21-18-15-12-9-6-3)77-71(74)65-62-59-56-53-50-47-45-42-30-28-26-23-20-17-14-11-8-5-2/h18,21,28,30,68H,4-17,19-20,22-27,29,31-67H2,1-3H3/b21-18-,30-28-. The Bertz CT molecular complexity index is 1240. The Kier molecular flexibility index (Phi) is 64.6. The fraction of sp³-hybridized carbons (Fsp3) is 0.901. The predicted octanol–water partition coefficient (Wildman–Crippen LogP) is 23.8. The largest absolute Gasteiger partial charge is 0.462 e. The minimum atomic E-state index is -0.774. The lowest BCUT2D eigenvalue weighted by Crippen LogP contribution is -2.30. The van der Waals surface area contributed by atoms with E-state index in [1.54, 1.807) is 0 Å². The van der Waals surface area contributed by atoms with E-state index in [0.29, 0.717) is 19.3 Å². The molecule has 0 amide bonds. The van der Waals surface area contributed by atoms with Gasteiger partial charge >= 0.3 is 17.9 Å². The van der Waals surface area contributed by atoms with Crippen molar-refractivity contribution in [3.05, 3.63) is 24.3 Å². The van der Waals surface area contributed by atoms with Crippen molar-refractivity contribution in [1.29, 1.82) is 0 Å². The molecular weight excluding hydrogens is 949 g/mol. The zero-order chi connectivity index (χ0) is 55.7. The van der Waals surface area contributed by atoms with Gasteiger partial charge in [-0.2, -0.15) is 0 Å². The molecule has 0 aromatic rings. The van der Waals surface area contributed by atoms with Crippen LogP contribution in [0.3, 0.4) is 0 Å². The number of esters is 3. The van der Waals surface area contributed by atoms with Crippen LogP contribution in [0.4, 0.5) is 0 Å². The minimum Gasteiger partial charge on any atom is -0.462 e. The monoisotopic (exact) mass is 1080 g/mol. The van der Waals surface area contributed by atoms with Gasteiger partial charge in [-0.25, -0.2) is 0 Å². The number of carbonyl (C=O) groups excluding carboxylic acids is 3. The van der Waals surface area contributed by atoms with Crippen LogP contribution in [0.15, 0.2) is 24.3 Å². The van der Waals surface area contributed by atoms with E-state index in [1.807, 2.05) is 0 Å². The zero-order valence-electron chi connectivity index (χ0n) is 52.3. The van der Waals surface area contributed by atoms with E-state index in [9.17, 15) is 14.4 Å². The molecule has 454 valence electrons. The number of unbranched alkanes of at least 4 members (excludes halogenated alkanes) is 50. The van der Waals surface area contributed by atoms with Crippen LogP contribution in [0.2, 0.25) is 0 Å². The fourth-order valence-electron chi connectivity index (χ4n) is 10.7. The Labute approximate surface area is 481 Å². The third kappa shape index (κ3) is 64.6. The van der Waals surface area contributed by atoms with Crippen molar-refractivity contribution in [3.63, 3.8) is 0 Å². The van der Waals surface area contributed by atoms with Crippen molar-refractivity contribution in [3.8, 4) is 0 Å². The highest BCUT2D eigenvalue weighted by molar-refractivity contribution is 5.71. The summed E-state index contributed by atoms with van der Waals surface area (Å²) in [6.07, 6.45) is 80.8. The summed E-state index contributed by atoms with van der Waals surface area (Å²) in [5.41, 5.74) is 0. The lowest BCUT2D eigenvalue weighted by atomic mass is 10.0. The topological polar surface area (TPSA) is 78.9 Å². The Balaban J connectivity index is 4.14. The Morgan fingerprint density at radius 1 is 0.247 bits per heavy atom.